The minimum absolute atomic E-state index is 0.207. The summed E-state index contributed by atoms with van der Waals surface area (Å²) in [5.41, 5.74) is 0.809. The molecule has 0 aliphatic carbocycles. The predicted octanol–water partition coefficient (Wildman–Crippen LogP) is 0.655. The van der Waals surface area contributed by atoms with Crippen LogP contribution in [-0.4, -0.2) is 59.0 Å². The molecule has 2 rings (SSSR count). The van der Waals surface area contributed by atoms with Crippen LogP contribution in [0.4, 0.5) is 0 Å². The van der Waals surface area contributed by atoms with E-state index < -0.39 is 12.0 Å². The number of amides is 1. The van der Waals surface area contributed by atoms with Crippen LogP contribution >= 0.6 is 0 Å². The van der Waals surface area contributed by atoms with Gasteiger partial charge in [0.05, 0.1) is 0 Å². The number of benzene rings is 1. The molecule has 0 aromatic heterocycles. The summed E-state index contributed by atoms with van der Waals surface area (Å²) in [6, 6.07) is 8.84. The predicted molar refractivity (Wildman–Crippen MR) is 78.6 cm³/mol. The van der Waals surface area contributed by atoms with Crippen LogP contribution in [0.5, 0.6) is 0 Å². The number of carbonyl (C=O) groups excluding carboxylic acids is 1. The first kappa shape index (κ1) is 15.1. The molecule has 110 valence electrons. The third-order valence-corrected chi connectivity index (χ3v) is 3.59. The Bertz CT molecular complexity index is 566. The van der Waals surface area contributed by atoms with E-state index >= 15 is 0 Å². The van der Waals surface area contributed by atoms with Crippen LogP contribution in [0.25, 0.3) is 0 Å². The van der Waals surface area contributed by atoms with Crippen LogP contribution in [0.3, 0.4) is 0 Å². The molecule has 1 aromatic rings. The Hall–Kier alpha value is -2.32. The fraction of sp³-hybridized carbons (Fsp3) is 0.375. The second-order valence-electron chi connectivity index (χ2n) is 4.96. The third kappa shape index (κ3) is 4.07. The Morgan fingerprint density at radius 2 is 1.76 bits per heavy atom. The van der Waals surface area contributed by atoms with Gasteiger partial charge in [0.2, 0.25) is 0 Å². The molecule has 0 spiro atoms. The van der Waals surface area contributed by atoms with Crippen LogP contribution in [0.15, 0.2) is 30.3 Å². The van der Waals surface area contributed by atoms with Crippen LogP contribution in [0.2, 0.25) is 0 Å². The average molecular weight is 286 g/mol. The Kier molecular flexibility index (Phi) is 4.96. The highest BCUT2D eigenvalue weighted by Gasteiger charge is 2.26. The maximum atomic E-state index is 12.0. The van der Waals surface area contributed by atoms with Crippen molar-refractivity contribution in [3.8, 4) is 11.8 Å². The number of piperazine rings is 1. The zero-order valence-corrected chi connectivity index (χ0v) is 12.0. The van der Waals surface area contributed by atoms with Gasteiger partial charge in [-0.3, -0.25) is 14.5 Å². The van der Waals surface area contributed by atoms with Gasteiger partial charge < -0.3 is 10.0 Å². The van der Waals surface area contributed by atoms with E-state index in [2.05, 4.69) is 11.8 Å². The van der Waals surface area contributed by atoms with E-state index in [0.29, 0.717) is 26.2 Å². The molecule has 1 aliphatic rings. The van der Waals surface area contributed by atoms with E-state index in [-0.39, 0.29) is 5.91 Å². The molecule has 1 N–H and O–H groups in total. The maximum absolute atomic E-state index is 12.0. The van der Waals surface area contributed by atoms with Crippen LogP contribution in [0, 0.1) is 11.8 Å². The van der Waals surface area contributed by atoms with E-state index in [1.807, 2.05) is 35.2 Å². The van der Waals surface area contributed by atoms with Crippen molar-refractivity contribution >= 4 is 11.9 Å². The summed E-state index contributed by atoms with van der Waals surface area (Å²) < 4.78 is 0. The molecule has 0 radical (unpaired) electrons. The molecule has 0 saturated carbocycles. The van der Waals surface area contributed by atoms with E-state index in [1.165, 1.54) is 0 Å². The van der Waals surface area contributed by atoms with Crippen molar-refractivity contribution in [3.63, 3.8) is 0 Å². The molecule has 1 aliphatic heterocycles. The topological polar surface area (TPSA) is 60.9 Å². The zero-order valence-electron chi connectivity index (χ0n) is 12.0. The quantitative estimate of drug-likeness (QED) is 0.811. The first-order valence-electron chi connectivity index (χ1n) is 6.91. The van der Waals surface area contributed by atoms with Gasteiger partial charge in [-0.1, -0.05) is 24.1 Å². The maximum Gasteiger partial charge on any atom is 0.320 e. The minimum Gasteiger partial charge on any atom is -0.480 e. The number of carboxylic acids is 1. The smallest absolute Gasteiger partial charge is 0.320 e. The van der Waals surface area contributed by atoms with Crippen molar-refractivity contribution in [1.82, 2.24) is 9.80 Å². The lowest BCUT2D eigenvalue weighted by atomic mass is 10.2. The van der Waals surface area contributed by atoms with Gasteiger partial charge in [0.25, 0.3) is 5.91 Å². The van der Waals surface area contributed by atoms with Crippen molar-refractivity contribution in [2.45, 2.75) is 13.0 Å². The van der Waals surface area contributed by atoms with Crippen molar-refractivity contribution in [2.24, 2.45) is 0 Å². The fourth-order valence-corrected chi connectivity index (χ4v) is 2.19. The number of hydrogen-bond donors (Lipinski definition) is 1. The monoisotopic (exact) mass is 286 g/mol. The first-order valence-corrected chi connectivity index (χ1v) is 6.91. The van der Waals surface area contributed by atoms with Crippen LogP contribution in [0.1, 0.15) is 12.5 Å². The van der Waals surface area contributed by atoms with Crippen LogP contribution in [-0.2, 0) is 9.59 Å². The Morgan fingerprint density at radius 3 is 2.33 bits per heavy atom. The van der Waals surface area contributed by atoms with Crippen molar-refractivity contribution in [2.75, 3.05) is 26.2 Å². The van der Waals surface area contributed by atoms with Crippen molar-refractivity contribution < 1.29 is 14.7 Å². The standard InChI is InChI=1S/C16H18N2O3/c1-13(16(20)21)17-9-11-18(12-10-17)15(19)8-7-14-5-3-2-4-6-14/h2-6,13H,9-12H2,1H3,(H,20,21). The summed E-state index contributed by atoms with van der Waals surface area (Å²) in [7, 11) is 0. The van der Waals surface area contributed by atoms with Gasteiger partial charge in [0.1, 0.15) is 6.04 Å². The zero-order chi connectivity index (χ0) is 15.2. The highest BCUT2D eigenvalue weighted by Crippen LogP contribution is 2.06. The largest absolute Gasteiger partial charge is 0.480 e. The molecule has 21 heavy (non-hydrogen) atoms. The first-order chi connectivity index (χ1) is 10.1. The molecular weight excluding hydrogens is 268 g/mol. The van der Waals surface area contributed by atoms with E-state index in [9.17, 15) is 9.59 Å². The summed E-state index contributed by atoms with van der Waals surface area (Å²) in [6.45, 7) is 3.81. The Balaban J connectivity index is 1.89. The highest BCUT2D eigenvalue weighted by atomic mass is 16.4. The van der Waals surface area contributed by atoms with Gasteiger partial charge in [-0.15, -0.1) is 0 Å². The molecule has 1 heterocycles. The molecule has 1 fully saturated rings. The number of carbonyl (C=O) groups is 2. The van der Waals surface area contributed by atoms with Gasteiger partial charge in [-0.2, -0.15) is 0 Å². The molecule has 0 bridgehead atoms. The molecule has 5 nitrogen and oxygen atoms in total. The fourth-order valence-electron chi connectivity index (χ4n) is 2.19. The van der Waals surface area contributed by atoms with Crippen molar-refractivity contribution in [3.05, 3.63) is 35.9 Å². The van der Waals surface area contributed by atoms with Gasteiger partial charge in [-0.25, -0.2) is 0 Å². The lowest BCUT2D eigenvalue weighted by Crippen LogP contribution is -2.52. The number of carboxylic acid groups (broad SMARTS) is 1. The summed E-state index contributed by atoms with van der Waals surface area (Å²) in [4.78, 5) is 26.5. The molecule has 1 saturated heterocycles. The SMILES string of the molecule is CC(C(=O)O)N1CCN(C(=O)C#Cc2ccccc2)CC1. The highest BCUT2D eigenvalue weighted by molar-refractivity contribution is 5.94. The van der Waals surface area contributed by atoms with Gasteiger partial charge in [0.15, 0.2) is 0 Å². The summed E-state index contributed by atoms with van der Waals surface area (Å²) >= 11 is 0. The minimum atomic E-state index is -0.835. The molecule has 1 amide bonds. The lowest BCUT2D eigenvalue weighted by molar-refractivity contribution is -0.143. The molecule has 1 unspecified atom stereocenters. The van der Waals surface area contributed by atoms with Crippen LogP contribution < -0.4 is 0 Å². The van der Waals surface area contributed by atoms with Gasteiger partial charge in [0, 0.05) is 37.7 Å². The summed E-state index contributed by atoms with van der Waals surface area (Å²) in [5, 5.41) is 8.98. The second-order valence-corrected chi connectivity index (χ2v) is 4.96. The Labute approximate surface area is 124 Å². The normalized spacial score (nSPS) is 16.7. The molecule has 1 aromatic carbocycles. The van der Waals surface area contributed by atoms with E-state index in [1.54, 1.807) is 11.8 Å². The summed E-state index contributed by atoms with van der Waals surface area (Å²) in [5.74, 6) is 4.44. The second kappa shape index (κ2) is 6.91. The average Bonchev–Trinajstić information content (AvgIpc) is 2.53. The van der Waals surface area contributed by atoms with Gasteiger partial charge in [-0.05, 0) is 19.1 Å². The third-order valence-electron chi connectivity index (χ3n) is 3.59. The Morgan fingerprint density at radius 1 is 1.14 bits per heavy atom. The summed E-state index contributed by atoms with van der Waals surface area (Å²) in [6.07, 6.45) is 0. The van der Waals surface area contributed by atoms with Crippen molar-refractivity contribution in [1.29, 1.82) is 0 Å². The molecule has 1 atom stereocenters. The number of aliphatic carboxylic acids is 1. The van der Waals surface area contributed by atoms with Gasteiger partial charge >= 0.3 is 5.97 Å². The molecular formula is C16H18N2O3. The number of hydrogen-bond acceptors (Lipinski definition) is 3. The lowest BCUT2D eigenvalue weighted by Gasteiger charge is -2.35. The van der Waals surface area contributed by atoms with E-state index in [4.69, 9.17) is 5.11 Å². The molecule has 5 heteroatoms. The van der Waals surface area contributed by atoms with E-state index in [0.717, 1.165) is 5.56 Å². The number of rotatable bonds is 2. The number of nitrogens with zero attached hydrogens (tertiary/aromatic N) is 2.